The van der Waals surface area contributed by atoms with Gasteiger partial charge >= 0.3 is 0 Å². The molecule has 0 spiro atoms. The molecule has 0 unspecified atom stereocenters. The molecular formula is C16H20N4O2S. The number of primary amides is 1. The quantitative estimate of drug-likeness (QED) is 0.858. The molecule has 1 aliphatic heterocycles. The molecule has 0 radical (unpaired) electrons. The van der Waals surface area contributed by atoms with Crippen LogP contribution in [0.5, 0.6) is 0 Å². The first-order valence-electron chi connectivity index (χ1n) is 7.67. The number of nitrogens with two attached hydrogens (primary N) is 1. The van der Waals surface area contributed by atoms with Crippen LogP contribution in [-0.4, -0.2) is 45.1 Å². The minimum atomic E-state index is -0.314. The molecule has 7 heteroatoms. The molecule has 0 aliphatic carbocycles. The number of thioether (sulfide) groups is 1. The highest BCUT2D eigenvalue weighted by Crippen LogP contribution is 2.24. The lowest BCUT2D eigenvalue weighted by atomic mass is 9.97. The van der Waals surface area contributed by atoms with Crippen molar-refractivity contribution in [2.24, 2.45) is 18.7 Å². The summed E-state index contributed by atoms with van der Waals surface area (Å²) in [5.41, 5.74) is 7.34. The van der Waals surface area contributed by atoms with Crippen molar-refractivity contribution in [2.45, 2.75) is 18.0 Å². The first-order chi connectivity index (χ1) is 11.1. The van der Waals surface area contributed by atoms with Crippen LogP contribution < -0.4 is 5.73 Å². The summed E-state index contributed by atoms with van der Waals surface area (Å²) in [6.45, 7) is 1.14. The molecule has 1 atom stereocenters. The molecule has 1 aromatic carbocycles. The summed E-state index contributed by atoms with van der Waals surface area (Å²) in [6.07, 6.45) is 1.60. The number of nitrogens with zero attached hydrogens (tertiary/aromatic N) is 3. The van der Waals surface area contributed by atoms with E-state index in [4.69, 9.17) is 5.73 Å². The van der Waals surface area contributed by atoms with E-state index in [1.165, 1.54) is 11.8 Å². The third kappa shape index (κ3) is 3.34. The van der Waals surface area contributed by atoms with Crippen LogP contribution in [0.3, 0.4) is 0 Å². The third-order valence-corrected chi connectivity index (χ3v) is 5.26. The zero-order chi connectivity index (χ0) is 16.4. The number of benzene rings is 1. The lowest BCUT2D eigenvalue weighted by Gasteiger charge is -2.31. The van der Waals surface area contributed by atoms with Crippen LogP contribution in [0.25, 0.3) is 11.0 Å². The van der Waals surface area contributed by atoms with E-state index in [9.17, 15) is 9.59 Å². The SMILES string of the molecule is Cn1c(SCC(=O)N2CCC[C@H](C(N)=O)C2)nc2ccccc21. The Labute approximate surface area is 139 Å². The van der Waals surface area contributed by atoms with E-state index in [1.807, 2.05) is 35.9 Å². The van der Waals surface area contributed by atoms with Crippen molar-refractivity contribution in [3.05, 3.63) is 24.3 Å². The number of fused-ring (bicyclic) bond motifs is 1. The van der Waals surface area contributed by atoms with E-state index in [2.05, 4.69) is 4.98 Å². The van der Waals surface area contributed by atoms with Gasteiger partial charge in [-0.1, -0.05) is 23.9 Å². The summed E-state index contributed by atoms with van der Waals surface area (Å²) in [5.74, 6) is -0.171. The molecule has 2 N–H and O–H groups in total. The summed E-state index contributed by atoms with van der Waals surface area (Å²) in [7, 11) is 1.95. The van der Waals surface area contributed by atoms with Crippen LogP contribution in [0.2, 0.25) is 0 Å². The minimum Gasteiger partial charge on any atom is -0.369 e. The maximum Gasteiger partial charge on any atom is 0.233 e. The van der Waals surface area contributed by atoms with Gasteiger partial charge in [-0.3, -0.25) is 9.59 Å². The van der Waals surface area contributed by atoms with Crippen LogP contribution in [-0.2, 0) is 16.6 Å². The molecule has 2 aromatic rings. The van der Waals surface area contributed by atoms with Gasteiger partial charge in [-0.05, 0) is 25.0 Å². The maximum atomic E-state index is 12.4. The molecular weight excluding hydrogens is 312 g/mol. The van der Waals surface area contributed by atoms with E-state index < -0.39 is 0 Å². The normalized spacial score (nSPS) is 18.3. The first-order valence-corrected chi connectivity index (χ1v) is 8.66. The predicted molar refractivity (Wildman–Crippen MR) is 89.9 cm³/mol. The molecule has 3 rings (SSSR count). The summed E-state index contributed by atoms with van der Waals surface area (Å²) in [5, 5.41) is 0.822. The number of amides is 2. The second-order valence-corrected chi connectivity index (χ2v) is 6.75. The van der Waals surface area contributed by atoms with E-state index >= 15 is 0 Å². The molecule has 2 amide bonds. The zero-order valence-electron chi connectivity index (χ0n) is 13.1. The number of para-hydroxylation sites is 2. The summed E-state index contributed by atoms with van der Waals surface area (Å²) >= 11 is 1.43. The van der Waals surface area contributed by atoms with Gasteiger partial charge in [0.25, 0.3) is 0 Å². The Morgan fingerprint density at radius 1 is 1.39 bits per heavy atom. The molecule has 1 saturated heterocycles. The highest BCUT2D eigenvalue weighted by molar-refractivity contribution is 7.99. The summed E-state index contributed by atoms with van der Waals surface area (Å²) < 4.78 is 2.00. The molecule has 6 nitrogen and oxygen atoms in total. The third-order valence-electron chi connectivity index (χ3n) is 4.25. The fourth-order valence-corrected chi connectivity index (χ4v) is 3.80. The first kappa shape index (κ1) is 15.9. The van der Waals surface area contributed by atoms with Crippen LogP contribution in [0.1, 0.15) is 12.8 Å². The zero-order valence-corrected chi connectivity index (χ0v) is 13.9. The Kier molecular flexibility index (Phi) is 4.56. The highest BCUT2D eigenvalue weighted by atomic mass is 32.2. The second kappa shape index (κ2) is 6.62. The van der Waals surface area contributed by atoms with Gasteiger partial charge in [-0.2, -0.15) is 0 Å². The number of hydrogen-bond acceptors (Lipinski definition) is 4. The van der Waals surface area contributed by atoms with Gasteiger partial charge in [0, 0.05) is 20.1 Å². The maximum absolute atomic E-state index is 12.4. The predicted octanol–water partition coefficient (Wildman–Crippen LogP) is 1.39. The molecule has 0 saturated carbocycles. The van der Waals surface area contributed by atoms with E-state index in [-0.39, 0.29) is 17.7 Å². The van der Waals surface area contributed by atoms with Gasteiger partial charge in [0.1, 0.15) is 0 Å². The van der Waals surface area contributed by atoms with Gasteiger partial charge in [0.05, 0.1) is 22.7 Å². The van der Waals surface area contributed by atoms with Gasteiger partial charge < -0.3 is 15.2 Å². The molecule has 0 bridgehead atoms. The Balaban J connectivity index is 1.64. The fourth-order valence-electron chi connectivity index (χ4n) is 2.91. The Bertz CT molecular complexity index is 743. The fraction of sp³-hybridized carbons (Fsp3) is 0.438. The highest BCUT2D eigenvalue weighted by Gasteiger charge is 2.27. The number of carbonyl (C=O) groups excluding carboxylic acids is 2. The number of carbonyl (C=O) groups is 2. The van der Waals surface area contributed by atoms with Gasteiger partial charge in [-0.15, -0.1) is 0 Å². The Morgan fingerprint density at radius 2 is 2.17 bits per heavy atom. The number of piperidine rings is 1. The average Bonchev–Trinajstić information content (AvgIpc) is 2.89. The van der Waals surface area contributed by atoms with Crippen molar-refractivity contribution < 1.29 is 9.59 Å². The van der Waals surface area contributed by atoms with Crippen LogP contribution in [0, 0.1) is 5.92 Å². The van der Waals surface area contributed by atoms with Crippen molar-refractivity contribution in [1.82, 2.24) is 14.5 Å². The van der Waals surface area contributed by atoms with Crippen LogP contribution in [0.15, 0.2) is 29.4 Å². The Hall–Kier alpha value is -2.02. The number of aromatic nitrogens is 2. The molecule has 1 aromatic heterocycles. The Morgan fingerprint density at radius 3 is 2.91 bits per heavy atom. The number of aryl methyl sites for hydroxylation is 1. The molecule has 23 heavy (non-hydrogen) atoms. The van der Waals surface area contributed by atoms with Gasteiger partial charge in [-0.25, -0.2) is 4.98 Å². The van der Waals surface area contributed by atoms with Crippen LogP contribution >= 0.6 is 11.8 Å². The smallest absolute Gasteiger partial charge is 0.233 e. The van der Waals surface area contributed by atoms with E-state index in [1.54, 1.807) is 4.90 Å². The summed E-state index contributed by atoms with van der Waals surface area (Å²) in [6, 6.07) is 7.90. The van der Waals surface area contributed by atoms with E-state index in [0.717, 1.165) is 29.0 Å². The second-order valence-electron chi connectivity index (χ2n) is 5.81. The van der Waals surface area contributed by atoms with Crippen molar-refractivity contribution in [3.8, 4) is 0 Å². The molecule has 1 fully saturated rings. The molecule has 2 heterocycles. The van der Waals surface area contributed by atoms with Crippen LogP contribution in [0.4, 0.5) is 0 Å². The van der Waals surface area contributed by atoms with Crippen molar-refractivity contribution in [2.75, 3.05) is 18.8 Å². The number of likely N-dealkylation sites (tertiary alicyclic amines) is 1. The topological polar surface area (TPSA) is 81.2 Å². The monoisotopic (exact) mass is 332 g/mol. The average molecular weight is 332 g/mol. The lowest BCUT2D eigenvalue weighted by Crippen LogP contribution is -2.44. The largest absolute Gasteiger partial charge is 0.369 e. The van der Waals surface area contributed by atoms with Crippen molar-refractivity contribution in [3.63, 3.8) is 0 Å². The lowest BCUT2D eigenvalue weighted by molar-refractivity contribution is -0.132. The minimum absolute atomic E-state index is 0.0352. The van der Waals surface area contributed by atoms with E-state index in [0.29, 0.717) is 18.8 Å². The van der Waals surface area contributed by atoms with Crippen molar-refractivity contribution >= 4 is 34.6 Å². The molecule has 122 valence electrons. The number of imidazole rings is 1. The van der Waals surface area contributed by atoms with Gasteiger partial charge in [0.15, 0.2) is 5.16 Å². The van der Waals surface area contributed by atoms with Gasteiger partial charge in [0.2, 0.25) is 11.8 Å². The molecule has 1 aliphatic rings. The number of rotatable bonds is 4. The van der Waals surface area contributed by atoms with Crippen molar-refractivity contribution in [1.29, 1.82) is 0 Å². The summed E-state index contributed by atoms with van der Waals surface area (Å²) in [4.78, 5) is 30.0. The number of hydrogen-bond donors (Lipinski definition) is 1. The standard InChI is InChI=1S/C16H20N4O2S/c1-19-13-7-3-2-6-12(13)18-16(19)23-10-14(21)20-8-4-5-11(9-20)15(17)22/h2-3,6-7,11H,4-5,8-10H2,1H3,(H2,17,22)/t11-/m0/s1.